The molecule has 1 heterocycles. The molecule has 1 aromatic heterocycles. The number of hydrogen-bond donors (Lipinski definition) is 1. The van der Waals surface area contributed by atoms with E-state index in [0.717, 1.165) is 9.87 Å². The Morgan fingerprint density at radius 2 is 1.82 bits per heavy atom. The number of methoxy groups -OCH3 is 1. The van der Waals surface area contributed by atoms with Crippen LogP contribution in [0.4, 0.5) is 0 Å². The van der Waals surface area contributed by atoms with Crippen molar-refractivity contribution in [3.63, 3.8) is 0 Å². The Bertz CT molecular complexity index is 1190. The zero-order valence-corrected chi connectivity index (χ0v) is 16.7. The van der Waals surface area contributed by atoms with Gasteiger partial charge >= 0.3 is 5.97 Å². The van der Waals surface area contributed by atoms with Crippen molar-refractivity contribution in [3.8, 4) is 17.0 Å². The van der Waals surface area contributed by atoms with Gasteiger partial charge in [0.05, 0.1) is 28.8 Å². The van der Waals surface area contributed by atoms with Gasteiger partial charge in [-0.3, -0.25) is 0 Å². The van der Waals surface area contributed by atoms with Crippen LogP contribution in [0.25, 0.3) is 22.2 Å². The van der Waals surface area contributed by atoms with Gasteiger partial charge in [-0.25, -0.2) is 22.5 Å². The number of benzene rings is 2. The van der Waals surface area contributed by atoms with Gasteiger partial charge in [-0.05, 0) is 43.3 Å². The number of rotatable bonds is 5. The Morgan fingerprint density at radius 1 is 1.11 bits per heavy atom. The fraction of sp³-hybridized carbons (Fsp3) is 0.200. The number of aromatic nitrogens is 1. The summed E-state index contributed by atoms with van der Waals surface area (Å²) in [7, 11) is 0.676. The number of ether oxygens (including phenoxy) is 1. The number of carbonyl (C=O) groups is 1. The number of nitrogens with zero attached hydrogens (tertiary/aromatic N) is 2. The van der Waals surface area contributed by atoms with E-state index in [0.29, 0.717) is 22.5 Å². The highest BCUT2D eigenvalue weighted by Gasteiger charge is 2.21. The smallest absolute Gasteiger partial charge is 0.336 e. The molecule has 3 aromatic rings. The molecule has 0 fully saturated rings. The van der Waals surface area contributed by atoms with Gasteiger partial charge in [0, 0.05) is 25.0 Å². The molecule has 0 aliphatic heterocycles. The van der Waals surface area contributed by atoms with Gasteiger partial charge in [0.2, 0.25) is 10.0 Å². The molecule has 28 heavy (non-hydrogen) atoms. The standard InChI is InChI=1S/C20H20N2O5S/c1-12-5-8-19(27-4)16(9-12)18-11-15(20(23)24)14-10-13(6-7-17(14)21-18)28(25,26)22(2)3/h5-11H,1-4H3,(H,23,24). The SMILES string of the molecule is COc1ccc(C)cc1-c1cc(C(=O)O)c2cc(S(=O)(=O)N(C)C)ccc2n1. The lowest BCUT2D eigenvalue weighted by Gasteiger charge is -2.14. The molecule has 2 aromatic carbocycles. The fourth-order valence-corrected chi connectivity index (χ4v) is 3.84. The van der Waals surface area contributed by atoms with E-state index in [4.69, 9.17) is 4.74 Å². The first-order valence-electron chi connectivity index (χ1n) is 8.41. The van der Waals surface area contributed by atoms with Gasteiger partial charge in [0.15, 0.2) is 0 Å². The van der Waals surface area contributed by atoms with Crippen molar-refractivity contribution in [3.05, 3.63) is 53.6 Å². The Balaban J connectivity index is 2.31. The molecule has 0 radical (unpaired) electrons. The van der Waals surface area contributed by atoms with E-state index in [1.807, 2.05) is 19.1 Å². The first-order chi connectivity index (χ1) is 13.1. The van der Waals surface area contributed by atoms with Gasteiger partial charge in [-0.2, -0.15) is 0 Å². The minimum atomic E-state index is -3.70. The van der Waals surface area contributed by atoms with E-state index in [2.05, 4.69) is 4.98 Å². The number of carboxylic acid groups (broad SMARTS) is 1. The molecule has 7 nitrogen and oxygen atoms in total. The van der Waals surface area contributed by atoms with Crippen molar-refractivity contribution in [1.29, 1.82) is 0 Å². The van der Waals surface area contributed by atoms with E-state index in [-0.39, 0.29) is 15.8 Å². The van der Waals surface area contributed by atoms with Crippen LogP contribution >= 0.6 is 0 Å². The molecule has 0 spiro atoms. The lowest BCUT2D eigenvalue weighted by Crippen LogP contribution is -2.22. The molecule has 0 amide bonds. The van der Waals surface area contributed by atoms with Gasteiger partial charge in [-0.1, -0.05) is 11.6 Å². The maximum absolute atomic E-state index is 12.4. The third kappa shape index (κ3) is 3.44. The van der Waals surface area contributed by atoms with Gasteiger partial charge in [0.25, 0.3) is 0 Å². The number of sulfonamides is 1. The lowest BCUT2D eigenvalue weighted by molar-refractivity contribution is 0.0699. The molecule has 0 unspecified atom stereocenters. The lowest BCUT2D eigenvalue weighted by atomic mass is 10.0. The second-order valence-corrected chi connectivity index (χ2v) is 8.68. The molecule has 0 saturated heterocycles. The molecular weight excluding hydrogens is 380 g/mol. The molecule has 0 aliphatic carbocycles. The van der Waals surface area contributed by atoms with Crippen LogP contribution in [0.5, 0.6) is 5.75 Å². The third-order valence-electron chi connectivity index (χ3n) is 4.42. The van der Waals surface area contributed by atoms with Crippen LogP contribution < -0.4 is 4.74 Å². The number of aromatic carboxylic acids is 1. The minimum absolute atomic E-state index is 0.00943. The largest absolute Gasteiger partial charge is 0.496 e. The Morgan fingerprint density at radius 3 is 2.43 bits per heavy atom. The van der Waals surface area contributed by atoms with E-state index in [1.165, 1.54) is 45.5 Å². The zero-order valence-electron chi connectivity index (χ0n) is 15.9. The first-order valence-corrected chi connectivity index (χ1v) is 9.85. The number of aryl methyl sites for hydroxylation is 1. The summed E-state index contributed by atoms with van der Waals surface area (Å²) in [6, 6.07) is 11.3. The van der Waals surface area contributed by atoms with Crippen molar-refractivity contribution in [1.82, 2.24) is 9.29 Å². The molecular formula is C20H20N2O5S. The molecule has 3 rings (SSSR count). The summed E-state index contributed by atoms with van der Waals surface area (Å²) in [5, 5.41) is 9.97. The highest BCUT2D eigenvalue weighted by atomic mass is 32.2. The van der Waals surface area contributed by atoms with E-state index >= 15 is 0 Å². The molecule has 146 valence electrons. The van der Waals surface area contributed by atoms with Crippen molar-refractivity contribution in [2.75, 3.05) is 21.2 Å². The number of pyridine rings is 1. The van der Waals surface area contributed by atoms with Crippen molar-refractivity contribution in [2.45, 2.75) is 11.8 Å². The van der Waals surface area contributed by atoms with Crippen molar-refractivity contribution >= 4 is 26.9 Å². The van der Waals surface area contributed by atoms with Crippen LogP contribution in [0.15, 0.2) is 47.4 Å². The Hall–Kier alpha value is -2.97. The first kappa shape index (κ1) is 19.8. The van der Waals surface area contributed by atoms with Gasteiger partial charge < -0.3 is 9.84 Å². The molecule has 1 N–H and O–H groups in total. The quantitative estimate of drug-likeness (QED) is 0.707. The van der Waals surface area contributed by atoms with Crippen LogP contribution in [0, 0.1) is 6.92 Å². The van der Waals surface area contributed by atoms with Crippen molar-refractivity contribution in [2.24, 2.45) is 0 Å². The summed E-state index contributed by atoms with van der Waals surface area (Å²) in [5.74, 6) is -0.597. The van der Waals surface area contributed by atoms with Gasteiger partial charge in [0.1, 0.15) is 5.75 Å². The second-order valence-electron chi connectivity index (χ2n) is 6.53. The zero-order chi connectivity index (χ0) is 20.6. The van der Waals surface area contributed by atoms with Crippen LogP contribution in [0.2, 0.25) is 0 Å². The molecule has 0 atom stereocenters. The topological polar surface area (TPSA) is 96.8 Å². The van der Waals surface area contributed by atoms with E-state index in [1.54, 1.807) is 6.07 Å². The minimum Gasteiger partial charge on any atom is -0.496 e. The van der Waals surface area contributed by atoms with E-state index < -0.39 is 16.0 Å². The summed E-state index contributed by atoms with van der Waals surface area (Å²) >= 11 is 0. The molecule has 8 heteroatoms. The van der Waals surface area contributed by atoms with Crippen LogP contribution in [-0.4, -0.2) is 50.0 Å². The van der Waals surface area contributed by atoms with Crippen LogP contribution in [0.3, 0.4) is 0 Å². The molecule has 0 bridgehead atoms. The molecule has 0 saturated carbocycles. The fourth-order valence-electron chi connectivity index (χ4n) is 2.91. The maximum atomic E-state index is 12.4. The third-order valence-corrected chi connectivity index (χ3v) is 6.23. The second kappa shape index (κ2) is 7.21. The van der Waals surface area contributed by atoms with E-state index in [9.17, 15) is 18.3 Å². The predicted octanol–water partition coefficient (Wildman–Crippen LogP) is 3.17. The summed E-state index contributed by atoms with van der Waals surface area (Å²) in [4.78, 5) is 16.5. The maximum Gasteiger partial charge on any atom is 0.336 e. The Labute approximate surface area is 163 Å². The number of carboxylic acids is 1. The van der Waals surface area contributed by atoms with Crippen molar-refractivity contribution < 1.29 is 23.1 Å². The Kier molecular flexibility index (Phi) is 5.10. The average Bonchev–Trinajstić information content (AvgIpc) is 2.66. The van der Waals surface area contributed by atoms with Gasteiger partial charge in [-0.15, -0.1) is 0 Å². The summed E-state index contributed by atoms with van der Waals surface area (Å²) in [6.07, 6.45) is 0. The summed E-state index contributed by atoms with van der Waals surface area (Å²) < 4.78 is 31.3. The average molecular weight is 400 g/mol. The van der Waals surface area contributed by atoms with Crippen LogP contribution in [-0.2, 0) is 10.0 Å². The summed E-state index contributed by atoms with van der Waals surface area (Å²) in [5.41, 5.74) is 2.43. The monoisotopic (exact) mass is 400 g/mol. The predicted molar refractivity (Wildman–Crippen MR) is 106 cm³/mol. The van der Waals surface area contributed by atoms with Crippen LogP contribution in [0.1, 0.15) is 15.9 Å². The number of fused-ring (bicyclic) bond motifs is 1. The number of hydrogen-bond acceptors (Lipinski definition) is 5. The summed E-state index contributed by atoms with van der Waals surface area (Å²) in [6.45, 7) is 1.92. The molecule has 0 aliphatic rings. The highest BCUT2D eigenvalue weighted by molar-refractivity contribution is 7.89. The highest BCUT2D eigenvalue weighted by Crippen LogP contribution is 2.33. The normalized spacial score (nSPS) is 11.8.